The number of Topliss-reactive ketones (excluding diaryl/α,β-unsaturated/α-hetero) is 1. The molecule has 1 N–H and O–H groups in total. The van der Waals surface area contributed by atoms with Gasteiger partial charge in [-0.1, -0.05) is 0 Å². The van der Waals surface area contributed by atoms with Crippen LogP contribution in [-0.2, 0) is 9.59 Å². The zero-order valence-electron chi connectivity index (χ0n) is 6.12. The molecule has 0 saturated heterocycles. The maximum atomic E-state index is 11.1. The summed E-state index contributed by atoms with van der Waals surface area (Å²) >= 11 is 0. The Hall–Kier alpha value is -0.860. The third-order valence-corrected chi connectivity index (χ3v) is 2.95. The van der Waals surface area contributed by atoms with Gasteiger partial charge in [0, 0.05) is 12.3 Å². The molecule has 0 heterocycles. The molecule has 2 aliphatic carbocycles. The van der Waals surface area contributed by atoms with Crippen LogP contribution in [0.15, 0.2) is 0 Å². The highest BCUT2D eigenvalue weighted by Gasteiger charge is 2.50. The number of hydrogen-bond donors (Lipinski definition) is 1. The van der Waals surface area contributed by atoms with E-state index in [0.29, 0.717) is 6.42 Å². The van der Waals surface area contributed by atoms with E-state index in [1.807, 2.05) is 0 Å². The quantitative estimate of drug-likeness (QED) is 0.604. The standard InChI is InChI=1S/C8H10O3/c9-6-3-4-1-2-5(6)7(4)8(10)11/h4-5,7H,1-3H2,(H,10,11)/t4-,5+,7-/m0/s1. The van der Waals surface area contributed by atoms with Gasteiger partial charge in [0.2, 0.25) is 0 Å². The summed E-state index contributed by atoms with van der Waals surface area (Å²) in [5.74, 6) is -0.929. The number of carbonyl (C=O) groups excluding carboxylic acids is 1. The van der Waals surface area contributed by atoms with Gasteiger partial charge in [-0.3, -0.25) is 9.59 Å². The van der Waals surface area contributed by atoms with E-state index in [4.69, 9.17) is 5.11 Å². The summed E-state index contributed by atoms with van der Waals surface area (Å²) in [4.78, 5) is 21.7. The van der Waals surface area contributed by atoms with Crippen molar-refractivity contribution < 1.29 is 14.7 Å². The first-order valence-corrected chi connectivity index (χ1v) is 3.95. The Labute approximate surface area is 64.4 Å². The molecule has 0 aromatic rings. The third kappa shape index (κ3) is 0.800. The summed E-state index contributed by atoms with van der Waals surface area (Å²) in [5, 5.41) is 8.76. The van der Waals surface area contributed by atoms with E-state index in [2.05, 4.69) is 0 Å². The summed E-state index contributed by atoms with van der Waals surface area (Å²) in [6.07, 6.45) is 2.26. The van der Waals surface area contributed by atoms with E-state index >= 15 is 0 Å². The summed E-state index contributed by atoms with van der Waals surface area (Å²) in [6, 6.07) is 0. The molecule has 60 valence electrons. The van der Waals surface area contributed by atoms with Gasteiger partial charge in [-0.25, -0.2) is 0 Å². The highest BCUT2D eigenvalue weighted by molar-refractivity contribution is 5.91. The van der Waals surface area contributed by atoms with Crippen molar-refractivity contribution in [1.82, 2.24) is 0 Å². The van der Waals surface area contributed by atoms with E-state index in [-0.39, 0.29) is 23.5 Å². The Balaban J connectivity index is 2.25. The predicted octanol–water partition coefficient (Wildman–Crippen LogP) is 0.686. The molecule has 0 radical (unpaired) electrons. The molecule has 0 spiro atoms. The zero-order chi connectivity index (χ0) is 8.01. The van der Waals surface area contributed by atoms with Crippen LogP contribution >= 0.6 is 0 Å². The zero-order valence-corrected chi connectivity index (χ0v) is 6.12. The van der Waals surface area contributed by atoms with Gasteiger partial charge in [0.1, 0.15) is 5.78 Å². The van der Waals surface area contributed by atoms with E-state index < -0.39 is 5.97 Å². The number of carboxylic acid groups (broad SMARTS) is 1. The van der Waals surface area contributed by atoms with Crippen molar-refractivity contribution in [3.8, 4) is 0 Å². The van der Waals surface area contributed by atoms with Gasteiger partial charge in [-0.2, -0.15) is 0 Å². The second-order valence-corrected chi connectivity index (χ2v) is 3.48. The fraction of sp³-hybridized carbons (Fsp3) is 0.750. The van der Waals surface area contributed by atoms with Crippen molar-refractivity contribution >= 4 is 11.8 Å². The van der Waals surface area contributed by atoms with Crippen LogP contribution in [0.3, 0.4) is 0 Å². The van der Waals surface area contributed by atoms with Crippen LogP contribution in [0.25, 0.3) is 0 Å². The molecule has 11 heavy (non-hydrogen) atoms. The van der Waals surface area contributed by atoms with Crippen LogP contribution in [0.2, 0.25) is 0 Å². The molecular formula is C8H10O3. The number of rotatable bonds is 1. The first-order valence-electron chi connectivity index (χ1n) is 3.95. The Kier molecular flexibility index (Phi) is 1.28. The van der Waals surface area contributed by atoms with Gasteiger partial charge >= 0.3 is 5.97 Å². The minimum Gasteiger partial charge on any atom is -0.481 e. The molecule has 3 nitrogen and oxygen atoms in total. The molecule has 2 bridgehead atoms. The van der Waals surface area contributed by atoms with E-state index in [9.17, 15) is 9.59 Å². The lowest BCUT2D eigenvalue weighted by molar-refractivity contribution is -0.144. The lowest BCUT2D eigenvalue weighted by Crippen LogP contribution is -2.19. The smallest absolute Gasteiger partial charge is 0.307 e. The summed E-state index contributed by atoms with van der Waals surface area (Å²) in [6.45, 7) is 0. The second kappa shape index (κ2) is 2.06. The maximum absolute atomic E-state index is 11.1. The number of aliphatic carboxylic acids is 1. The van der Waals surface area contributed by atoms with Crippen molar-refractivity contribution in [2.75, 3.05) is 0 Å². The topological polar surface area (TPSA) is 54.4 Å². The predicted molar refractivity (Wildman–Crippen MR) is 37.0 cm³/mol. The molecule has 3 heteroatoms. The second-order valence-electron chi connectivity index (χ2n) is 3.48. The fourth-order valence-electron chi connectivity index (χ4n) is 2.46. The first kappa shape index (κ1) is 6.83. The Morgan fingerprint density at radius 3 is 2.45 bits per heavy atom. The molecule has 2 saturated carbocycles. The normalized spacial score (nSPS) is 41.5. The monoisotopic (exact) mass is 154 g/mol. The van der Waals surface area contributed by atoms with Crippen molar-refractivity contribution in [2.24, 2.45) is 17.8 Å². The van der Waals surface area contributed by atoms with Gasteiger partial charge < -0.3 is 5.11 Å². The molecule has 2 rings (SSSR count). The lowest BCUT2D eigenvalue weighted by atomic mass is 9.98. The van der Waals surface area contributed by atoms with Crippen molar-refractivity contribution in [2.45, 2.75) is 19.3 Å². The Morgan fingerprint density at radius 1 is 1.45 bits per heavy atom. The lowest BCUT2D eigenvalue weighted by Gasteiger charge is -2.05. The van der Waals surface area contributed by atoms with Crippen molar-refractivity contribution in [3.63, 3.8) is 0 Å². The fourth-order valence-corrected chi connectivity index (χ4v) is 2.46. The third-order valence-electron chi connectivity index (χ3n) is 2.95. The van der Waals surface area contributed by atoms with Gasteiger partial charge in [0.25, 0.3) is 0 Å². The molecule has 0 aliphatic heterocycles. The summed E-state index contributed by atoms with van der Waals surface area (Å²) < 4.78 is 0. The summed E-state index contributed by atoms with van der Waals surface area (Å²) in [7, 11) is 0. The highest BCUT2D eigenvalue weighted by atomic mass is 16.4. The van der Waals surface area contributed by atoms with Gasteiger partial charge in [0.05, 0.1) is 5.92 Å². The van der Waals surface area contributed by atoms with Crippen LogP contribution in [0.4, 0.5) is 0 Å². The Morgan fingerprint density at radius 2 is 2.18 bits per heavy atom. The van der Waals surface area contributed by atoms with Crippen molar-refractivity contribution in [1.29, 1.82) is 0 Å². The van der Waals surface area contributed by atoms with E-state index in [0.717, 1.165) is 12.8 Å². The Bertz CT molecular complexity index is 221. The molecule has 2 fully saturated rings. The molecule has 0 unspecified atom stereocenters. The van der Waals surface area contributed by atoms with E-state index in [1.54, 1.807) is 0 Å². The first-order chi connectivity index (χ1) is 5.20. The minimum absolute atomic E-state index is 0.141. The minimum atomic E-state index is -0.775. The number of fused-ring (bicyclic) bond motifs is 2. The SMILES string of the molecule is O=C(O)[C@H]1[C@H]2CC[C@@H]1C(=O)C2. The largest absolute Gasteiger partial charge is 0.481 e. The van der Waals surface area contributed by atoms with Gasteiger partial charge in [-0.05, 0) is 18.8 Å². The summed E-state index contributed by atoms with van der Waals surface area (Å²) in [5.41, 5.74) is 0. The molecule has 2 aliphatic rings. The number of hydrogen-bond acceptors (Lipinski definition) is 2. The highest BCUT2D eigenvalue weighted by Crippen LogP contribution is 2.47. The van der Waals surface area contributed by atoms with Crippen LogP contribution < -0.4 is 0 Å². The molecule has 3 atom stereocenters. The van der Waals surface area contributed by atoms with Crippen molar-refractivity contribution in [3.05, 3.63) is 0 Å². The molecule has 0 amide bonds. The van der Waals surface area contributed by atoms with Crippen LogP contribution in [0.5, 0.6) is 0 Å². The van der Waals surface area contributed by atoms with Crippen LogP contribution in [0.1, 0.15) is 19.3 Å². The maximum Gasteiger partial charge on any atom is 0.307 e. The number of carbonyl (C=O) groups is 2. The van der Waals surface area contributed by atoms with Crippen LogP contribution in [-0.4, -0.2) is 16.9 Å². The molecule has 0 aromatic carbocycles. The van der Waals surface area contributed by atoms with Crippen LogP contribution in [0, 0.1) is 17.8 Å². The van der Waals surface area contributed by atoms with Gasteiger partial charge in [0.15, 0.2) is 0 Å². The average Bonchev–Trinajstić information content (AvgIpc) is 2.41. The van der Waals surface area contributed by atoms with Gasteiger partial charge in [-0.15, -0.1) is 0 Å². The molecule has 0 aromatic heterocycles. The number of carboxylic acids is 1. The number of ketones is 1. The molecular weight excluding hydrogens is 144 g/mol. The van der Waals surface area contributed by atoms with E-state index in [1.165, 1.54) is 0 Å². The average molecular weight is 154 g/mol.